The van der Waals surface area contributed by atoms with E-state index >= 15 is 0 Å². The Kier molecular flexibility index (Phi) is 6.83. The topological polar surface area (TPSA) is 89.5 Å². The maximum atomic E-state index is 13.3. The average Bonchev–Trinajstić information content (AvgIpc) is 2.66. The highest BCUT2D eigenvalue weighted by Gasteiger charge is 2.45. The number of carbonyl (C=O) groups excluding carboxylic acids is 2. The van der Waals surface area contributed by atoms with Crippen LogP contribution in [0.4, 0.5) is 18.9 Å². The molecule has 0 saturated carbocycles. The van der Waals surface area contributed by atoms with Crippen molar-refractivity contribution in [2.45, 2.75) is 30.4 Å². The number of esters is 1. The van der Waals surface area contributed by atoms with Gasteiger partial charge < -0.3 is 10.1 Å². The number of halogens is 4. The number of anilines is 1. The molecule has 0 atom stereocenters. The van der Waals surface area contributed by atoms with Crippen LogP contribution in [0.15, 0.2) is 35.2 Å². The first-order valence-electron chi connectivity index (χ1n) is 8.50. The second kappa shape index (κ2) is 8.65. The highest BCUT2D eigenvalue weighted by molar-refractivity contribution is 7.93. The lowest BCUT2D eigenvalue weighted by Gasteiger charge is -2.23. The van der Waals surface area contributed by atoms with Crippen molar-refractivity contribution >= 4 is 39.0 Å². The van der Waals surface area contributed by atoms with Gasteiger partial charge >= 0.3 is 5.97 Å². The summed E-state index contributed by atoms with van der Waals surface area (Å²) in [6, 6.07) is 4.34. The Labute approximate surface area is 175 Å². The summed E-state index contributed by atoms with van der Waals surface area (Å²) in [4.78, 5) is 24.0. The van der Waals surface area contributed by atoms with Gasteiger partial charge in [-0.3, -0.25) is 9.59 Å². The van der Waals surface area contributed by atoms with Gasteiger partial charge in [-0.05, 0) is 39.0 Å². The molecule has 0 aliphatic heterocycles. The van der Waals surface area contributed by atoms with E-state index in [4.69, 9.17) is 16.3 Å². The monoisotopic (exact) mass is 463 g/mol. The predicted octanol–water partition coefficient (Wildman–Crippen LogP) is 4.13. The molecule has 0 aliphatic rings. The van der Waals surface area contributed by atoms with Crippen LogP contribution in [0.3, 0.4) is 0 Å². The van der Waals surface area contributed by atoms with Crippen molar-refractivity contribution in [3.8, 4) is 0 Å². The maximum Gasteiger partial charge on any atom is 0.327 e. The zero-order valence-electron chi connectivity index (χ0n) is 16.1. The Bertz CT molecular complexity index is 1100. The van der Waals surface area contributed by atoms with Crippen molar-refractivity contribution in [2.75, 3.05) is 11.9 Å². The van der Waals surface area contributed by atoms with E-state index in [9.17, 15) is 31.2 Å². The molecule has 1 amide bonds. The molecular weight excluding hydrogens is 447 g/mol. The Morgan fingerprint density at radius 1 is 1.10 bits per heavy atom. The third-order valence-electron chi connectivity index (χ3n) is 4.16. The summed E-state index contributed by atoms with van der Waals surface area (Å²) >= 11 is 5.99. The van der Waals surface area contributed by atoms with Crippen molar-refractivity contribution < 1.29 is 35.9 Å². The summed E-state index contributed by atoms with van der Waals surface area (Å²) in [7, 11) is -4.39. The summed E-state index contributed by atoms with van der Waals surface area (Å²) in [6.45, 7) is 3.74. The number of carbonyl (C=O) groups is 2. The summed E-state index contributed by atoms with van der Waals surface area (Å²) in [5, 5.41) is 1.88. The molecule has 6 nitrogen and oxygen atoms in total. The Hall–Kier alpha value is -2.59. The van der Waals surface area contributed by atoms with Crippen molar-refractivity contribution in [2.24, 2.45) is 0 Å². The van der Waals surface area contributed by atoms with Gasteiger partial charge in [-0.25, -0.2) is 21.6 Å². The minimum Gasteiger partial charge on any atom is -0.465 e. The predicted molar refractivity (Wildman–Crippen MR) is 104 cm³/mol. The second-order valence-electron chi connectivity index (χ2n) is 6.59. The van der Waals surface area contributed by atoms with Gasteiger partial charge in [-0.1, -0.05) is 11.6 Å². The molecule has 0 spiro atoms. The van der Waals surface area contributed by atoms with Crippen LogP contribution >= 0.6 is 11.6 Å². The van der Waals surface area contributed by atoms with E-state index in [2.05, 4.69) is 5.32 Å². The van der Waals surface area contributed by atoms with Crippen molar-refractivity contribution in [3.05, 3.63) is 58.4 Å². The first-order chi connectivity index (χ1) is 13.8. The van der Waals surface area contributed by atoms with E-state index in [0.29, 0.717) is 12.1 Å². The first kappa shape index (κ1) is 23.7. The number of sulfone groups is 1. The molecule has 0 radical (unpaired) electrons. The van der Waals surface area contributed by atoms with E-state index < -0.39 is 48.8 Å². The first-order valence-corrected chi connectivity index (χ1v) is 10.4. The normalized spacial score (nSPS) is 11.8. The number of ether oxygens (including phenoxy) is 1. The fraction of sp³-hybridized carbons (Fsp3) is 0.263. The molecule has 0 fully saturated rings. The minimum atomic E-state index is -4.39. The molecule has 11 heteroatoms. The van der Waals surface area contributed by atoms with E-state index in [1.54, 1.807) is 0 Å². The number of hydrogen-bond acceptors (Lipinski definition) is 5. The fourth-order valence-electron chi connectivity index (χ4n) is 2.37. The van der Waals surface area contributed by atoms with E-state index in [1.165, 1.54) is 13.0 Å². The van der Waals surface area contributed by atoms with Gasteiger partial charge in [0.2, 0.25) is 0 Å². The smallest absolute Gasteiger partial charge is 0.327 e. The lowest BCUT2D eigenvalue weighted by Crippen LogP contribution is -2.42. The number of rotatable bonds is 6. The van der Waals surface area contributed by atoms with Gasteiger partial charge in [0.05, 0.1) is 16.5 Å². The lowest BCUT2D eigenvalue weighted by molar-refractivity contribution is -0.145. The number of nitrogens with one attached hydrogen (secondary N) is 1. The van der Waals surface area contributed by atoms with Crippen LogP contribution in [0.1, 0.15) is 31.1 Å². The molecule has 2 rings (SSSR count). The van der Waals surface area contributed by atoms with E-state index in [-0.39, 0.29) is 22.9 Å². The van der Waals surface area contributed by atoms with Gasteiger partial charge in [-0.2, -0.15) is 0 Å². The molecule has 0 bridgehead atoms. The molecule has 162 valence electrons. The highest BCUT2D eigenvalue weighted by atomic mass is 35.5. The van der Waals surface area contributed by atoms with Crippen LogP contribution < -0.4 is 5.32 Å². The molecule has 0 heterocycles. The van der Waals surface area contributed by atoms with Crippen LogP contribution in [0.2, 0.25) is 5.02 Å². The SMILES string of the molecule is CCOC(=O)C(C)(C)S(=O)(=O)c1cc(C(=O)Nc2cc(F)c(F)c(F)c2)ccc1Cl. The van der Waals surface area contributed by atoms with Crippen LogP contribution in [0.25, 0.3) is 0 Å². The number of amides is 1. The van der Waals surface area contributed by atoms with Crippen molar-refractivity contribution in [1.29, 1.82) is 0 Å². The minimum absolute atomic E-state index is 0.0429. The Morgan fingerprint density at radius 2 is 1.67 bits per heavy atom. The Morgan fingerprint density at radius 3 is 2.20 bits per heavy atom. The second-order valence-corrected chi connectivity index (χ2v) is 9.46. The Balaban J connectivity index is 2.44. The molecule has 0 unspecified atom stereocenters. The fourth-order valence-corrected chi connectivity index (χ4v) is 4.23. The van der Waals surface area contributed by atoms with Gasteiger partial charge in [-0.15, -0.1) is 0 Å². The van der Waals surface area contributed by atoms with Crippen LogP contribution in [-0.2, 0) is 19.4 Å². The molecule has 2 aromatic rings. The highest BCUT2D eigenvalue weighted by Crippen LogP contribution is 2.32. The van der Waals surface area contributed by atoms with E-state index in [1.807, 2.05) is 0 Å². The zero-order valence-corrected chi connectivity index (χ0v) is 17.6. The summed E-state index contributed by atoms with van der Waals surface area (Å²) < 4.78 is 68.5. The molecule has 0 saturated heterocycles. The summed E-state index contributed by atoms with van der Waals surface area (Å²) in [6.07, 6.45) is 0. The van der Waals surface area contributed by atoms with Gasteiger partial charge in [0.1, 0.15) is 0 Å². The maximum absolute atomic E-state index is 13.3. The molecule has 30 heavy (non-hydrogen) atoms. The van der Waals surface area contributed by atoms with E-state index in [0.717, 1.165) is 26.0 Å². The van der Waals surface area contributed by atoms with Crippen LogP contribution in [-0.4, -0.2) is 31.6 Å². The number of benzene rings is 2. The summed E-state index contributed by atoms with van der Waals surface area (Å²) in [5.41, 5.74) is -0.620. The molecule has 1 N–H and O–H groups in total. The van der Waals surface area contributed by atoms with Gasteiger partial charge in [0, 0.05) is 23.4 Å². The van der Waals surface area contributed by atoms with Gasteiger partial charge in [0.25, 0.3) is 5.91 Å². The van der Waals surface area contributed by atoms with Gasteiger partial charge in [0.15, 0.2) is 32.0 Å². The quantitative estimate of drug-likeness (QED) is 0.514. The molecular formula is C19H17ClF3NO5S. The zero-order chi connectivity index (χ0) is 22.9. The standard InChI is InChI=1S/C19H17ClF3NO5S/c1-4-29-18(26)19(2,3)30(27,28)15-7-10(5-6-12(15)20)17(25)24-11-8-13(21)16(23)14(22)9-11/h5-9H,4H2,1-3H3,(H,24,25). The third-order valence-corrected chi connectivity index (χ3v) is 7.03. The third kappa shape index (κ3) is 4.44. The molecule has 2 aromatic carbocycles. The van der Waals surface area contributed by atoms with Crippen LogP contribution in [0.5, 0.6) is 0 Å². The summed E-state index contributed by atoms with van der Waals surface area (Å²) in [5.74, 6) is -6.67. The van der Waals surface area contributed by atoms with Crippen molar-refractivity contribution in [1.82, 2.24) is 0 Å². The molecule has 0 aliphatic carbocycles. The lowest BCUT2D eigenvalue weighted by atomic mass is 10.2. The average molecular weight is 464 g/mol. The van der Waals surface area contributed by atoms with Crippen LogP contribution in [0, 0.1) is 17.5 Å². The largest absolute Gasteiger partial charge is 0.465 e. The number of hydrogen-bond donors (Lipinski definition) is 1. The molecule has 0 aromatic heterocycles. The van der Waals surface area contributed by atoms with Crippen molar-refractivity contribution in [3.63, 3.8) is 0 Å².